The Hall–Kier alpha value is -4.05. The zero-order chi connectivity index (χ0) is 23.9. The largest absolute Gasteiger partial charge is 0.423 e. The number of ether oxygens (including phenoxy) is 1. The summed E-state index contributed by atoms with van der Waals surface area (Å²) >= 11 is 2.08. The number of hydrogen-bond acceptors (Lipinski definition) is 5. The highest BCUT2D eigenvalue weighted by atomic mass is 127. The Morgan fingerprint density at radius 3 is 2.29 bits per heavy atom. The number of hydrazone groups is 1. The molecule has 4 rings (SSSR count). The average molecular weight is 563 g/mol. The lowest BCUT2D eigenvalue weighted by Gasteiger charge is -2.07. The van der Waals surface area contributed by atoms with Gasteiger partial charge in [-0.2, -0.15) is 5.10 Å². The Kier molecular flexibility index (Phi) is 7.28. The first kappa shape index (κ1) is 23.1. The van der Waals surface area contributed by atoms with E-state index in [-0.39, 0.29) is 0 Å². The van der Waals surface area contributed by atoms with Crippen LogP contribution in [0, 0.1) is 3.57 Å². The first-order valence-electron chi connectivity index (χ1n) is 10.2. The zero-order valence-corrected chi connectivity index (χ0v) is 19.9. The molecule has 0 unspecified atom stereocenters. The van der Waals surface area contributed by atoms with E-state index >= 15 is 0 Å². The van der Waals surface area contributed by atoms with E-state index < -0.39 is 17.8 Å². The van der Waals surface area contributed by atoms with Crippen molar-refractivity contribution in [2.45, 2.75) is 0 Å². The average Bonchev–Trinajstić information content (AvgIpc) is 2.85. The first-order chi connectivity index (χ1) is 16.5. The van der Waals surface area contributed by atoms with Crippen molar-refractivity contribution in [3.63, 3.8) is 0 Å². The maximum absolute atomic E-state index is 12.3. The molecule has 2 amide bonds. The summed E-state index contributed by atoms with van der Waals surface area (Å²) in [5.74, 6) is -1.80. The lowest BCUT2D eigenvalue weighted by atomic mass is 10.1. The molecule has 7 nitrogen and oxygen atoms in total. The smallest absolute Gasteiger partial charge is 0.344 e. The zero-order valence-electron chi connectivity index (χ0n) is 17.7. The highest BCUT2D eigenvalue weighted by Gasteiger charge is 2.14. The normalized spacial score (nSPS) is 10.7. The van der Waals surface area contributed by atoms with Gasteiger partial charge in [0.25, 0.3) is 0 Å². The van der Waals surface area contributed by atoms with Crippen molar-refractivity contribution < 1.29 is 19.1 Å². The van der Waals surface area contributed by atoms with Crippen molar-refractivity contribution >= 4 is 63.0 Å². The van der Waals surface area contributed by atoms with Crippen molar-refractivity contribution in [2.75, 3.05) is 5.32 Å². The van der Waals surface area contributed by atoms with Crippen LogP contribution in [0.3, 0.4) is 0 Å². The summed E-state index contributed by atoms with van der Waals surface area (Å²) in [7, 11) is 0. The summed E-state index contributed by atoms with van der Waals surface area (Å²) in [5, 5.41) is 8.21. The van der Waals surface area contributed by atoms with Crippen LogP contribution in [0.1, 0.15) is 15.9 Å². The predicted octanol–water partition coefficient (Wildman–Crippen LogP) is 4.75. The molecule has 0 radical (unpaired) electrons. The van der Waals surface area contributed by atoms with Gasteiger partial charge in [0.1, 0.15) is 5.75 Å². The van der Waals surface area contributed by atoms with Crippen LogP contribution >= 0.6 is 22.6 Å². The monoisotopic (exact) mass is 563 g/mol. The van der Waals surface area contributed by atoms with Gasteiger partial charge in [-0.1, -0.05) is 48.5 Å². The van der Waals surface area contributed by atoms with Crippen LogP contribution in [0.5, 0.6) is 5.75 Å². The van der Waals surface area contributed by atoms with Crippen LogP contribution in [0.25, 0.3) is 10.8 Å². The van der Waals surface area contributed by atoms with Gasteiger partial charge in [-0.05, 0) is 76.0 Å². The van der Waals surface area contributed by atoms with Gasteiger partial charge in [-0.25, -0.2) is 10.2 Å². The topological polar surface area (TPSA) is 96.9 Å². The van der Waals surface area contributed by atoms with Crippen molar-refractivity contribution in [2.24, 2.45) is 5.10 Å². The number of carbonyl (C=O) groups excluding carboxylic acids is 3. The molecule has 4 aromatic carbocycles. The van der Waals surface area contributed by atoms with Crippen molar-refractivity contribution in [1.82, 2.24) is 5.43 Å². The van der Waals surface area contributed by atoms with E-state index in [1.165, 1.54) is 6.21 Å². The summed E-state index contributed by atoms with van der Waals surface area (Å²) in [6, 6.07) is 26.7. The summed E-state index contributed by atoms with van der Waals surface area (Å²) in [6.07, 6.45) is 1.38. The molecule has 0 aliphatic heterocycles. The predicted molar refractivity (Wildman–Crippen MR) is 139 cm³/mol. The van der Waals surface area contributed by atoms with Gasteiger partial charge in [-0.3, -0.25) is 9.59 Å². The third kappa shape index (κ3) is 5.65. The standard InChI is InChI=1S/C26H18IN3O4/c27-22-10-4-3-9-21(22)26(33)34-19-14-12-17(13-15-19)16-28-30-25(32)24(31)29-23-11-5-7-18-6-1-2-8-20(18)23/h1-16H,(H,29,31)(H,30,32)/b28-16+. The minimum absolute atomic E-state index is 0.375. The number of benzene rings is 4. The molecule has 4 aromatic rings. The number of nitrogens with zero attached hydrogens (tertiary/aromatic N) is 1. The Morgan fingerprint density at radius 2 is 1.50 bits per heavy atom. The fraction of sp³-hybridized carbons (Fsp3) is 0. The molecule has 0 saturated carbocycles. The van der Waals surface area contributed by atoms with E-state index in [0.717, 1.165) is 14.3 Å². The number of esters is 1. The summed E-state index contributed by atoms with van der Waals surface area (Å²) in [5.41, 5.74) is 3.87. The number of nitrogens with one attached hydrogen (secondary N) is 2. The minimum Gasteiger partial charge on any atom is -0.423 e. The second kappa shape index (κ2) is 10.7. The Labute approximate surface area is 209 Å². The minimum atomic E-state index is -0.896. The summed E-state index contributed by atoms with van der Waals surface area (Å²) in [6.45, 7) is 0. The quantitative estimate of drug-likeness (QED) is 0.0915. The van der Waals surface area contributed by atoms with Crippen LogP contribution in [-0.2, 0) is 9.59 Å². The lowest BCUT2D eigenvalue weighted by Crippen LogP contribution is -2.32. The number of anilines is 1. The highest BCUT2D eigenvalue weighted by molar-refractivity contribution is 14.1. The van der Waals surface area contributed by atoms with Gasteiger partial charge in [-0.15, -0.1) is 0 Å². The fourth-order valence-electron chi connectivity index (χ4n) is 3.14. The SMILES string of the molecule is O=C(N/N=C/c1ccc(OC(=O)c2ccccc2I)cc1)C(=O)Nc1cccc2ccccc12. The Bertz CT molecular complexity index is 1400. The Balaban J connectivity index is 1.32. The molecular weight excluding hydrogens is 545 g/mol. The van der Waals surface area contributed by atoms with E-state index in [1.807, 2.05) is 42.5 Å². The number of hydrogen-bond donors (Lipinski definition) is 2. The maximum atomic E-state index is 12.3. The first-order valence-corrected chi connectivity index (χ1v) is 11.3. The molecule has 0 bridgehead atoms. The molecule has 34 heavy (non-hydrogen) atoms. The molecule has 0 saturated heterocycles. The van der Waals surface area contributed by atoms with Crippen LogP contribution in [0.2, 0.25) is 0 Å². The van der Waals surface area contributed by atoms with Crippen molar-refractivity contribution in [3.05, 3.63) is 106 Å². The second-order valence-electron chi connectivity index (χ2n) is 7.12. The van der Waals surface area contributed by atoms with Crippen LogP contribution in [-0.4, -0.2) is 24.0 Å². The van der Waals surface area contributed by atoms with Gasteiger partial charge in [0.05, 0.1) is 11.8 Å². The van der Waals surface area contributed by atoms with Crippen molar-refractivity contribution in [3.8, 4) is 5.75 Å². The highest BCUT2D eigenvalue weighted by Crippen LogP contribution is 2.22. The summed E-state index contributed by atoms with van der Waals surface area (Å²) in [4.78, 5) is 36.7. The molecule has 0 aromatic heterocycles. The van der Waals surface area contributed by atoms with Gasteiger partial charge in [0, 0.05) is 14.6 Å². The molecule has 0 aliphatic rings. The van der Waals surface area contributed by atoms with Crippen LogP contribution in [0.15, 0.2) is 96.1 Å². The van der Waals surface area contributed by atoms with Gasteiger partial charge >= 0.3 is 17.8 Å². The molecule has 0 spiro atoms. The molecule has 0 fully saturated rings. The molecule has 0 atom stereocenters. The number of rotatable bonds is 5. The second-order valence-corrected chi connectivity index (χ2v) is 8.28. The van der Waals surface area contributed by atoms with E-state index in [2.05, 4.69) is 38.4 Å². The number of amides is 2. The molecule has 0 heterocycles. The van der Waals surface area contributed by atoms with Crippen molar-refractivity contribution in [1.29, 1.82) is 0 Å². The Morgan fingerprint density at radius 1 is 0.794 bits per heavy atom. The maximum Gasteiger partial charge on any atom is 0.344 e. The van der Waals surface area contributed by atoms with E-state index in [1.54, 1.807) is 48.5 Å². The third-order valence-electron chi connectivity index (χ3n) is 4.81. The van der Waals surface area contributed by atoms with Gasteiger partial charge in [0.15, 0.2) is 0 Å². The number of halogens is 1. The van der Waals surface area contributed by atoms with E-state index in [9.17, 15) is 14.4 Å². The molecule has 8 heteroatoms. The van der Waals surface area contributed by atoms with Crippen LogP contribution < -0.4 is 15.5 Å². The molecule has 0 aliphatic carbocycles. The van der Waals surface area contributed by atoms with E-state index in [4.69, 9.17) is 4.74 Å². The molecule has 168 valence electrons. The van der Waals surface area contributed by atoms with Gasteiger partial charge in [0.2, 0.25) is 0 Å². The fourth-order valence-corrected chi connectivity index (χ4v) is 3.75. The van der Waals surface area contributed by atoms with Crippen LogP contribution in [0.4, 0.5) is 5.69 Å². The van der Waals surface area contributed by atoms with Gasteiger partial charge < -0.3 is 10.1 Å². The number of fused-ring (bicyclic) bond motifs is 1. The summed E-state index contributed by atoms with van der Waals surface area (Å²) < 4.78 is 6.19. The number of carbonyl (C=O) groups is 3. The lowest BCUT2D eigenvalue weighted by molar-refractivity contribution is -0.136. The van der Waals surface area contributed by atoms with E-state index in [0.29, 0.717) is 22.6 Å². The molecule has 2 N–H and O–H groups in total. The third-order valence-corrected chi connectivity index (χ3v) is 5.75. The molecular formula is C26H18IN3O4.